The highest BCUT2D eigenvalue weighted by atomic mass is 32.1. The minimum absolute atomic E-state index is 0.421. The Balaban J connectivity index is 2.10. The number of hydrogen-bond donors (Lipinski definition) is 0. The average Bonchev–Trinajstić information content (AvgIpc) is 2.61. The van der Waals surface area contributed by atoms with E-state index in [1.54, 1.807) is 18.4 Å². The second-order valence-electron chi connectivity index (χ2n) is 4.05. The Bertz CT molecular complexity index is 343. The van der Waals surface area contributed by atoms with Crippen molar-refractivity contribution >= 4 is 17.1 Å². The minimum Gasteiger partial charge on any atom is -0.487 e. The van der Waals surface area contributed by atoms with Crippen LogP contribution in [0.3, 0.4) is 0 Å². The molecule has 1 heterocycles. The highest BCUT2D eigenvalue weighted by Crippen LogP contribution is 2.36. The number of thiophene rings is 1. The molecule has 0 bridgehead atoms. The maximum absolute atomic E-state index is 11.5. The van der Waals surface area contributed by atoms with Crippen LogP contribution in [0.15, 0.2) is 12.1 Å². The summed E-state index contributed by atoms with van der Waals surface area (Å²) in [6.07, 6.45) is 4.90. The first kappa shape index (κ1) is 10.7. The largest absolute Gasteiger partial charge is 0.487 e. The van der Waals surface area contributed by atoms with E-state index in [-0.39, 0.29) is 0 Å². The zero-order valence-electron chi connectivity index (χ0n) is 8.99. The molecule has 0 N–H and O–H groups in total. The summed E-state index contributed by atoms with van der Waals surface area (Å²) in [4.78, 5) is 12.8. The third kappa shape index (κ3) is 2.59. The van der Waals surface area contributed by atoms with Crippen LogP contribution in [0.1, 0.15) is 42.9 Å². The zero-order valence-corrected chi connectivity index (χ0v) is 9.81. The van der Waals surface area contributed by atoms with Gasteiger partial charge in [0.1, 0.15) is 5.78 Å². The summed E-state index contributed by atoms with van der Waals surface area (Å²) in [5.41, 5.74) is 0. The topological polar surface area (TPSA) is 26.3 Å². The molecule has 2 nitrogen and oxygen atoms in total. The van der Waals surface area contributed by atoms with Gasteiger partial charge in [-0.05, 0) is 25.0 Å². The van der Waals surface area contributed by atoms with Crippen LogP contribution < -0.4 is 4.74 Å². The van der Waals surface area contributed by atoms with E-state index in [4.69, 9.17) is 4.74 Å². The van der Waals surface area contributed by atoms with Crippen LogP contribution in [0, 0.1) is 0 Å². The Morgan fingerprint density at radius 1 is 1.40 bits per heavy atom. The second-order valence-corrected chi connectivity index (χ2v) is 5.12. The molecule has 1 saturated carbocycles. The summed E-state index contributed by atoms with van der Waals surface area (Å²) < 4.78 is 5.18. The Kier molecular flexibility index (Phi) is 3.41. The first-order chi connectivity index (χ1) is 7.29. The summed E-state index contributed by atoms with van der Waals surface area (Å²) >= 11 is 1.68. The SMILES string of the molecule is COc1ccc(C2CCCCC(=O)C2)s1. The molecule has 0 aliphatic heterocycles. The van der Waals surface area contributed by atoms with Crippen LogP contribution in [0.4, 0.5) is 0 Å². The first-order valence-corrected chi connectivity index (χ1v) is 6.26. The molecule has 1 aromatic heterocycles. The maximum Gasteiger partial charge on any atom is 0.173 e. The van der Waals surface area contributed by atoms with Crippen LogP contribution in [0.2, 0.25) is 0 Å². The number of methoxy groups -OCH3 is 1. The lowest BCUT2D eigenvalue weighted by Gasteiger charge is -2.09. The highest BCUT2D eigenvalue weighted by Gasteiger charge is 2.20. The lowest BCUT2D eigenvalue weighted by atomic mass is 9.98. The van der Waals surface area contributed by atoms with Crippen molar-refractivity contribution in [3.63, 3.8) is 0 Å². The smallest absolute Gasteiger partial charge is 0.173 e. The van der Waals surface area contributed by atoms with E-state index in [9.17, 15) is 4.79 Å². The van der Waals surface area contributed by atoms with Crippen molar-refractivity contribution in [3.05, 3.63) is 17.0 Å². The molecule has 2 rings (SSSR count). The molecule has 1 aromatic rings. The number of carbonyl (C=O) groups excluding carboxylic acids is 1. The summed E-state index contributed by atoms with van der Waals surface area (Å²) in [6, 6.07) is 4.10. The van der Waals surface area contributed by atoms with Crippen LogP contribution in [-0.2, 0) is 4.79 Å². The summed E-state index contributed by atoms with van der Waals surface area (Å²) in [5.74, 6) is 0.860. The molecule has 1 aliphatic carbocycles. The molecular formula is C12H16O2S. The van der Waals surface area contributed by atoms with Gasteiger partial charge in [-0.25, -0.2) is 0 Å². The summed E-state index contributed by atoms with van der Waals surface area (Å²) in [7, 11) is 1.69. The fourth-order valence-corrected chi connectivity index (χ4v) is 3.05. The minimum atomic E-state index is 0.421. The van der Waals surface area contributed by atoms with Crippen molar-refractivity contribution < 1.29 is 9.53 Å². The lowest BCUT2D eigenvalue weighted by molar-refractivity contribution is -0.119. The summed E-state index contributed by atoms with van der Waals surface area (Å²) in [5, 5.41) is 0.946. The van der Waals surface area contributed by atoms with E-state index in [1.165, 1.54) is 11.3 Å². The zero-order chi connectivity index (χ0) is 10.7. The van der Waals surface area contributed by atoms with Crippen LogP contribution in [-0.4, -0.2) is 12.9 Å². The summed E-state index contributed by atoms with van der Waals surface area (Å²) in [6.45, 7) is 0. The molecule has 0 amide bonds. The van der Waals surface area contributed by atoms with Gasteiger partial charge in [-0.15, -0.1) is 11.3 Å². The molecule has 0 spiro atoms. The van der Waals surface area contributed by atoms with Gasteiger partial charge in [-0.2, -0.15) is 0 Å². The van der Waals surface area contributed by atoms with Crippen molar-refractivity contribution in [1.82, 2.24) is 0 Å². The standard InChI is InChI=1S/C12H16O2S/c1-14-12-7-6-11(15-12)9-4-2-3-5-10(13)8-9/h6-7,9H,2-5,8H2,1H3. The quantitative estimate of drug-likeness (QED) is 0.720. The average molecular weight is 224 g/mol. The molecule has 0 saturated heterocycles. The lowest BCUT2D eigenvalue weighted by Crippen LogP contribution is -2.01. The van der Waals surface area contributed by atoms with E-state index in [2.05, 4.69) is 6.07 Å². The number of carbonyl (C=O) groups is 1. The number of hydrogen-bond acceptors (Lipinski definition) is 3. The van der Waals surface area contributed by atoms with Crippen LogP contribution >= 0.6 is 11.3 Å². The Morgan fingerprint density at radius 2 is 2.27 bits per heavy atom. The van der Waals surface area contributed by atoms with Gasteiger partial charge in [0.25, 0.3) is 0 Å². The molecule has 0 radical (unpaired) electrons. The van der Waals surface area contributed by atoms with E-state index < -0.39 is 0 Å². The molecule has 1 atom stereocenters. The van der Waals surface area contributed by atoms with E-state index in [0.717, 1.165) is 30.7 Å². The van der Waals surface area contributed by atoms with Crippen molar-refractivity contribution in [1.29, 1.82) is 0 Å². The van der Waals surface area contributed by atoms with Crippen molar-refractivity contribution in [2.75, 3.05) is 7.11 Å². The number of Topliss-reactive ketones (excluding diaryl/α,β-unsaturated/α-hetero) is 1. The van der Waals surface area contributed by atoms with Crippen LogP contribution in [0.25, 0.3) is 0 Å². The third-order valence-electron chi connectivity index (χ3n) is 2.94. The second kappa shape index (κ2) is 4.79. The van der Waals surface area contributed by atoms with Crippen molar-refractivity contribution in [2.45, 2.75) is 38.0 Å². The maximum atomic E-state index is 11.5. The molecule has 3 heteroatoms. The predicted molar refractivity (Wildman–Crippen MR) is 61.7 cm³/mol. The fraction of sp³-hybridized carbons (Fsp3) is 0.583. The van der Waals surface area contributed by atoms with Gasteiger partial charge < -0.3 is 4.74 Å². The Morgan fingerprint density at radius 3 is 3.00 bits per heavy atom. The van der Waals surface area contributed by atoms with Gasteiger partial charge in [-0.3, -0.25) is 4.79 Å². The fourth-order valence-electron chi connectivity index (χ4n) is 2.10. The Labute approximate surface area is 94.3 Å². The number of rotatable bonds is 2. The van der Waals surface area contributed by atoms with Gasteiger partial charge in [0.15, 0.2) is 5.06 Å². The first-order valence-electron chi connectivity index (χ1n) is 5.45. The molecule has 1 fully saturated rings. The van der Waals surface area contributed by atoms with Crippen molar-refractivity contribution in [2.24, 2.45) is 0 Å². The normalized spacial score (nSPS) is 22.5. The monoisotopic (exact) mass is 224 g/mol. The number of ketones is 1. The van der Waals surface area contributed by atoms with E-state index in [1.807, 2.05) is 6.07 Å². The van der Waals surface area contributed by atoms with Gasteiger partial charge >= 0.3 is 0 Å². The van der Waals surface area contributed by atoms with Gasteiger partial charge in [-0.1, -0.05) is 6.42 Å². The van der Waals surface area contributed by atoms with E-state index >= 15 is 0 Å². The molecule has 15 heavy (non-hydrogen) atoms. The predicted octanol–water partition coefficient (Wildman–Crippen LogP) is 3.37. The highest BCUT2D eigenvalue weighted by molar-refractivity contribution is 7.13. The molecule has 0 aromatic carbocycles. The van der Waals surface area contributed by atoms with Gasteiger partial charge in [0.2, 0.25) is 0 Å². The van der Waals surface area contributed by atoms with Crippen LogP contribution in [0.5, 0.6) is 5.06 Å². The molecule has 1 unspecified atom stereocenters. The van der Waals surface area contributed by atoms with Crippen molar-refractivity contribution in [3.8, 4) is 5.06 Å². The third-order valence-corrected chi connectivity index (χ3v) is 4.15. The number of ether oxygens (including phenoxy) is 1. The molecule has 1 aliphatic rings. The molecular weight excluding hydrogens is 208 g/mol. The molecule has 82 valence electrons. The Hall–Kier alpha value is -0.830. The van der Waals surface area contributed by atoms with Gasteiger partial charge in [0.05, 0.1) is 7.11 Å². The van der Waals surface area contributed by atoms with E-state index in [0.29, 0.717) is 11.7 Å². The van der Waals surface area contributed by atoms with Gasteiger partial charge in [0, 0.05) is 23.6 Å².